The number of carbonyl (C=O) groups excluding carboxylic acids is 4. The van der Waals surface area contributed by atoms with E-state index in [4.69, 9.17) is 9.47 Å². The second-order valence-corrected chi connectivity index (χ2v) is 12.6. The Morgan fingerprint density at radius 1 is 0.611 bits per heavy atom. The van der Waals surface area contributed by atoms with Crippen LogP contribution in [0.3, 0.4) is 0 Å². The van der Waals surface area contributed by atoms with Gasteiger partial charge in [0.15, 0.2) is 0 Å². The largest absolute Gasteiger partial charge is 0.462 e. The Bertz CT molecular complexity index is 722. The first kappa shape index (κ1) is 30.5. The number of esters is 2. The van der Waals surface area contributed by atoms with Gasteiger partial charge in [0.2, 0.25) is 0 Å². The van der Waals surface area contributed by atoms with E-state index >= 15 is 0 Å². The molecule has 6 nitrogen and oxygen atoms in total. The predicted molar refractivity (Wildman–Crippen MR) is 140 cm³/mol. The van der Waals surface area contributed by atoms with E-state index in [0.29, 0.717) is 23.7 Å². The Morgan fingerprint density at radius 3 is 1.22 bits per heavy atom. The Balaban J connectivity index is 2.22. The van der Waals surface area contributed by atoms with Crippen LogP contribution in [0.4, 0.5) is 0 Å². The van der Waals surface area contributed by atoms with Crippen LogP contribution in [0.2, 0.25) is 0 Å². The minimum atomic E-state index is -1.18. The van der Waals surface area contributed by atoms with Gasteiger partial charge in [-0.2, -0.15) is 0 Å². The van der Waals surface area contributed by atoms with Crippen LogP contribution in [0.5, 0.6) is 0 Å². The normalized spacial score (nSPS) is 31.4. The average molecular weight is 507 g/mol. The molecule has 0 amide bonds. The average Bonchev–Trinajstić information content (AvgIpc) is 2.72. The lowest BCUT2D eigenvalue weighted by Gasteiger charge is -2.38. The number of ether oxygens (including phenoxy) is 2. The molecule has 2 aliphatic carbocycles. The highest BCUT2D eigenvalue weighted by Gasteiger charge is 2.45. The number of carbonyl (C=O) groups is 4. The molecule has 8 unspecified atom stereocenters. The third-order valence-electron chi connectivity index (χ3n) is 8.89. The van der Waals surface area contributed by atoms with Gasteiger partial charge in [-0.25, -0.2) is 0 Å². The summed E-state index contributed by atoms with van der Waals surface area (Å²) in [7, 11) is 0. The fourth-order valence-corrected chi connectivity index (χ4v) is 6.64. The van der Waals surface area contributed by atoms with Crippen LogP contribution in [-0.4, -0.2) is 35.7 Å². The molecular weight excluding hydrogens is 456 g/mol. The standard InChI is InChI=1S/C30H50O6/c1-16(2)23-12-10-18(5)14-25(23)35-29(33)27(21(8)31)20(7)28(22(9)32)30(34)36-26-15-19(6)11-13-24(26)17(3)4/h16-20,23-28H,10-15H2,1-9H3. The van der Waals surface area contributed by atoms with Crippen LogP contribution in [0.15, 0.2) is 0 Å². The summed E-state index contributed by atoms with van der Waals surface area (Å²) in [5, 5.41) is 0. The summed E-state index contributed by atoms with van der Waals surface area (Å²) in [4.78, 5) is 52.2. The SMILES string of the molecule is CC(=O)C(C(=O)OC1CC(C)CCC1C(C)C)C(C)C(C(C)=O)C(=O)OC1CC(C)CCC1C(C)C. The van der Waals surface area contributed by atoms with Gasteiger partial charge in [0.1, 0.15) is 35.6 Å². The lowest BCUT2D eigenvalue weighted by atomic mass is 9.74. The van der Waals surface area contributed by atoms with Crippen molar-refractivity contribution in [2.45, 2.75) is 113 Å². The van der Waals surface area contributed by atoms with E-state index in [1.807, 2.05) is 0 Å². The minimum absolute atomic E-state index is 0.239. The molecule has 0 aromatic heterocycles. The topological polar surface area (TPSA) is 86.7 Å². The van der Waals surface area contributed by atoms with E-state index in [1.165, 1.54) is 13.8 Å². The van der Waals surface area contributed by atoms with Crippen molar-refractivity contribution in [2.24, 2.45) is 53.3 Å². The van der Waals surface area contributed by atoms with Crippen LogP contribution in [0.25, 0.3) is 0 Å². The minimum Gasteiger partial charge on any atom is -0.462 e. The van der Waals surface area contributed by atoms with Crippen molar-refractivity contribution in [3.8, 4) is 0 Å². The van der Waals surface area contributed by atoms with Gasteiger partial charge >= 0.3 is 11.9 Å². The van der Waals surface area contributed by atoms with Gasteiger partial charge in [0.25, 0.3) is 0 Å². The van der Waals surface area contributed by atoms with Gasteiger partial charge < -0.3 is 9.47 Å². The zero-order valence-corrected chi connectivity index (χ0v) is 24.0. The summed E-state index contributed by atoms with van der Waals surface area (Å²) in [5.74, 6) is -3.13. The maximum atomic E-state index is 13.4. The first-order chi connectivity index (χ1) is 16.7. The first-order valence-corrected chi connectivity index (χ1v) is 14.2. The van der Waals surface area contributed by atoms with E-state index in [-0.39, 0.29) is 35.6 Å². The molecule has 0 radical (unpaired) electrons. The maximum absolute atomic E-state index is 13.4. The summed E-state index contributed by atoms with van der Waals surface area (Å²) in [6.45, 7) is 17.1. The van der Waals surface area contributed by atoms with Crippen molar-refractivity contribution in [2.75, 3.05) is 0 Å². The van der Waals surface area contributed by atoms with Crippen molar-refractivity contribution in [1.82, 2.24) is 0 Å². The second-order valence-electron chi connectivity index (χ2n) is 12.6. The highest BCUT2D eigenvalue weighted by molar-refractivity contribution is 6.02. The molecule has 36 heavy (non-hydrogen) atoms. The molecular formula is C30H50O6. The molecule has 8 atom stereocenters. The molecule has 0 N–H and O–H groups in total. The zero-order valence-electron chi connectivity index (χ0n) is 24.0. The van der Waals surface area contributed by atoms with Gasteiger partial charge in [-0.05, 0) is 81.0 Å². The molecule has 0 heterocycles. The van der Waals surface area contributed by atoms with E-state index < -0.39 is 29.7 Å². The van der Waals surface area contributed by atoms with E-state index in [2.05, 4.69) is 41.5 Å². The Hall–Kier alpha value is -1.72. The molecule has 6 heteroatoms. The Labute approximate surface area is 218 Å². The Morgan fingerprint density at radius 2 is 0.944 bits per heavy atom. The smallest absolute Gasteiger partial charge is 0.317 e. The van der Waals surface area contributed by atoms with Crippen LogP contribution < -0.4 is 0 Å². The molecule has 0 aromatic rings. The number of Topliss-reactive ketones (excluding diaryl/α,β-unsaturated/α-hetero) is 2. The van der Waals surface area contributed by atoms with Crippen LogP contribution in [0.1, 0.15) is 101 Å². The van der Waals surface area contributed by atoms with Gasteiger partial charge in [-0.1, -0.05) is 61.3 Å². The van der Waals surface area contributed by atoms with Crippen LogP contribution in [0, 0.1) is 53.3 Å². The van der Waals surface area contributed by atoms with Crippen LogP contribution >= 0.6 is 0 Å². The van der Waals surface area contributed by atoms with Gasteiger partial charge in [0.05, 0.1) is 0 Å². The van der Waals surface area contributed by atoms with E-state index in [0.717, 1.165) is 38.5 Å². The second kappa shape index (κ2) is 13.2. The maximum Gasteiger partial charge on any atom is 0.317 e. The molecule has 0 saturated heterocycles. The molecule has 2 rings (SSSR count). The van der Waals surface area contributed by atoms with Crippen molar-refractivity contribution < 1.29 is 28.7 Å². The van der Waals surface area contributed by atoms with Crippen molar-refractivity contribution in [3.05, 3.63) is 0 Å². The van der Waals surface area contributed by atoms with Gasteiger partial charge in [-0.15, -0.1) is 0 Å². The number of ketones is 2. The van der Waals surface area contributed by atoms with E-state index in [9.17, 15) is 19.2 Å². The molecule has 2 aliphatic rings. The summed E-state index contributed by atoms with van der Waals surface area (Å²) in [5.41, 5.74) is 0. The molecule has 0 aromatic carbocycles. The molecule has 0 bridgehead atoms. The molecule has 206 valence electrons. The lowest BCUT2D eigenvalue weighted by molar-refractivity contribution is -0.170. The van der Waals surface area contributed by atoms with Crippen molar-refractivity contribution >= 4 is 23.5 Å². The van der Waals surface area contributed by atoms with Gasteiger partial charge in [0, 0.05) is 0 Å². The zero-order chi connectivity index (χ0) is 27.3. The monoisotopic (exact) mass is 506 g/mol. The summed E-state index contributed by atoms with van der Waals surface area (Å²) in [6, 6.07) is 0. The molecule has 2 fully saturated rings. The Kier molecular flexibility index (Phi) is 11.2. The summed E-state index contributed by atoms with van der Waals surface area (Å²) in [6.07, 6.45) is 5.18. The van der Waals surface area contributed by atoms with E-state index in [1.54, 1.807) is 6.92 Å². The molecule has 0 aliphatic heterocycles. The van der Waals surface area contributed by atoms with Crippen molar-refractivity contribution in [1.29, 1.82) is 0 Å². The fraction of sp³-hybridized carbons (Fsp3) is 0.867. The molecule has 2 saturated carbocycles. The third kappa shape index (κ3) is 7.64. The fourth-order valence-electron chi connectivity index (χ4n) is 6.64. The number of hydrogen-bond donors (Lipinski definition) is 0. The highest BCUT2D eigenvalue weighted by atomic mass is 16.6. The summed E-state index contributed by atoms with van der Waals surface area (Å²) < 4.78 is 12.0. The number of rotatable bonds is 10. The van der Waals surface area contributed by atoms with Gasteiger partial charge in [-0.3, -0.25) is 19.2 Å². The van der Waals surface area contributed by atoms with Crippen LogP contribution in [-0.2, 0) is 28.7 Å². The molecule has 0 spiro atoms. The number of hydrogen-bond acceptors (Lipinski definition) is 6. The summed E-state index contributed by atoms with van der Waals surface area (Å²) >= 11 is 0. The predicted octanol–water partition coefficient (Wildman–Crippen LogP) is 6.04. The lowest BCUT2D eigenvalue weighted by Crippen LogP contribution is -2.45. The third-order valence-corrected chi connectivity index (χ3v) is 8.89. The highest BCUT2D eigenvalue weighted by Crippen LogP contribution is 2.38. The quantitative estimate of drug-likeness (QED) is 0.265. The van der Waals surface area contributed by atoms with Crippen molar-refractivity contribution in [3.63, 3.8) is 0 Å². The first-order valence-electron chi connectivity index (χ1n) is 14.2.